The molecule has 1 aromatic heterocycles. The minimum atomic E-state index is -0.967. The van der Waals surface area contributed by atoms with Gasteiger partial charge in [-0.2, -0.15) is 0 Å². The number of aromatic nitrogens is 3. The summed E-state index contributed by atoms with van der Waals surface area (Å²) >= 11 is 0. The topological polar surface area (TPSA) is 102 Å². The second-order valence-corrected chi connectivity index (χ2v) is 7.62. The molecule has 2 aliphatic heterocycles. The lowest BCUT2D eigenvalue weighted by atomic mass is 10.1. The van der Waals surface area contributed by atoms with Crippen LogP contribution in [0.2, 0.25) is 0 Å². The number of nitrogens with zero attached hydrogens (tertiary/aromatic N) is 4. The van der Waals surface area contributed by atoms with E-state index >= 15 is 0 Å². The van der Waals surface area contributed by atoms with Crippen LogP contribution >= 0.6 is 0 Å². The van der Waals surface area contributed by atoms with E-state index in [-0.39, 0.29) is 25.1 Å². The van der Waals surface area contributed by atoms with Gasteiger partial charge in [-0.05, 0) is 17.7 Å². The maximum atomic E-state index is 12.9. The quantitative estimate of drug-likeness (QED) is 0.658. The molecule has 3 heterocycles. The molecular weight excluding hydrogens is 398 g/mol. The molecule has 3 aromatic rings. The molecule has 0 fully saturated rings. The van der Waals surface area contributed by atoms with E-state index in [4.69, 9.17) is 9.47 Å². The van der Waals surface area contributed by atoms with Gasteiger partial charge >= 0.3 is 0 Å². The number of ether oxygens (including phenoxy) is 2. The number of fused-ring (bicyclic) bond motifs is 2. The van der Waals surface area contributed by atoms with Gasteiger partial charge in [-0.1, -0.05) is 42.5 Å². The fraction of sp³-hybridized carbons (Fsp3) is 0.318. The first-order valence-electron chi connectivity index (χ1n) is 10.1. The summed E-state index contributed by atoms with van der Waals surface area (Å²) in [6.07, 6.45) is -0.967. The largest absolute Gasteiger partial charge is 0.489 e. The predicted octanol–water partition coefficient (Wildman–Crippen LogP) is 1.34. The monoisotopic (exact) mass is 421 g/mol. The van der Waals surface area contributed by atoms with Crippen LogP contribution in [0.25, 0.3) is 0 Å². The molecular formula is C22H23N5O4. The van der Waals surface area contributed by atoms with Crippen molar-refractivity contribution < 1.29 is 19.4 Å². The van der Waals surface area contributed by atoms with Crippen molar-refractivity contribution in [3.05, 3.63) is 71.8 Å². The number of hydrogen-bond donors (Lipinski definition) is 2. The van der Waals surface area contributed by atoms with Crippen molar-refractivity contribution in [3.63, 3.8) is 0 Å². The molecule has 0 saturated carbocycles. The number of aliphatic hydroxyl groups is 1. The summed E-state index contributed by atoms with van der Waals surface area (Å²) in [5.74, 6) is 0.811. The molecule has 2 aliphatic rings. The highest BCUT2D eigenvalue weighted by atomic mass is 16.5. The van der Waals surface area contributed by atoms with Gasteiger partial charge in [0.25, 0.3) is 5.91 Å². The maximum absolute atomic E-state index is 12.9. The van der Waals surface area contributed by atoms with Gasteiger partial charge in [-0.3, -0.25) is 4.79 Å². The molecule has 0 radical (unpaired) electrons. The molecule has 9 nitrogen and oxygen atoms in total. The van der Waals surface area contributed by atoms with Gasteiger partial charge in [0.05, 0.1) is 12.3 Å². The summed E-state index contributed by atoms with van der Waals surface area (Å²) in [5, 5.41) is 18.1. The number of anilines is 1. The minimum absolute atomic E-state index is 0.0399. The van der Waals surface area contributed by atoms with E-state index < -0.39 is 18.2 Å². The van der Waals surface area contributed by atoms with Crippen molar-refractivity contribution in [2.24, 2.45) is 0 Å². The first-order valence-corrected chi connectivity index (χ1v) is 10.1. The van der Waals surface area contributed by atoms with Gasteiger partial charge in [0.2, 0.25) is 5.82 Å². The van der Waals surface area contributed by atoms with Crippen LogP contribution in [0, 0.1) is 0 Å². The number of rotatable bonds is 3. The molecule has 160 valence electrons. The van der Waals surface area contributed by atoms with Crippen LogP contribution in [0.4, 0.5) is 5.69 Å². The molecule has 5 rings (SSSR count). The van der Waals surface area contributed by atoms with E-state index in [0.29, 0.717) is 18.2 Å². The third-order valence-corrected chi connectivity index (χ3v) is 5.63. The van der Waals surface area contributed by atoms with Crippen LogP contribution in [0.1, 0.15) is 28.0 Å². The zero-order valence-corrected chi connectivity index (χ0v) is 17.0. The molecule has 31 heavy (non-hydrogen) atoms. The van der Waals surface area contributed by atoms with Crippen molar-refractivity contribution >= 4 is 11.6 Å². The van der Waals surface area contributed by atoms with Crippen LogP contribution in [-0.2, 0) is 11.3 Å². The Bertz CT molecular complexity index is 1090. The van der Waals surface area contributed by atoms with Crippen molar-refractivity contribution in [1.82, 2.24) is 20.1 Å². The van der Waals surface area contributed by atoms with Crippen molar-refractivity contribution in [2.45, 2.75) is 24.9 Å². The summed E-state index contributed by atoms with van der Waals surface area (Å²) < 4.78 is 13.2. The number of nitrogens with one attached hydrogen (secondary N) is 1. The zero-order chi connectivity index (χ0) is 21.4. The number of hydrogen-bond acceptors (Lipinski definition) is 7. The van der Waals surface area contributed by atoms with Gasteiger partial charge in [-0.25, -0.2) is 9.67 Å². The third kappa shape index (κ3) is 3.62. The Morgan fingerprint density at radius 2 is 1.90 bits per heavy atom. The van der Waals surface area contributed by atoms with E-state index in [9.17, 15) is 9.90 Å². The summed E-state index contributed by atoms with van der Waals surface area (Å²) in [6, 6.07) is 16.5. The van der Waals surface area contributed by atoms with Crippen LogP contribution in [0.3, 0.4) is 0 Å². The Balaban J connectivity index is 1.35. The van der Waals surface area contributed by atoms with E-state index in [1.165, 1.54) is 0 Å². The normalized spacial score (nSPS) is 22.6. The Hall–Kier alpha value is -3.43. The van der Waals surface area contributed by atoms with Gasteiger partial charge in [0, 0.05) is 7.05 Å². The molecule has 2 unspecified atom stereocenters. The number of benzene rings is 2. The lowest BCUT2D eigenvalue weighted by Gasteiger charge is -2.28. The predicted molar refractivity (Wildman–Crippen MR) is 112 cm³/mol. The van der Waals surface area contributed by atoms with Crippen molar-refractivity contribution in [2.75, 3.05) is 25.2 Å². The SMILES string of the molecule is CN1c2ccccc2OC[C@H](NC(=O)c2nc3n(n2)C(c2ccccc2)COC3)C1O. The van der Waals surface area contributed by atoms with Crippen molar-refractivity contribution in [3.8, 4) is 5.75 Å². The van der Waals surface area contributed by atoms with Gasteiger partial charge in [0.15, 0.2) is 12.1 Å². The Morgan fingerprint density at radius 3 is 2.74 bits per heavy atom. The lowest BCUT2D eigenvalue weighted by Crippen LogP contribution is -2.52. The van der Waals surface area contributed by atoms with Gasteiger partial charge in [0.1, 0.15) is 31.0 Å². The van der Waals surface area contributed by atoms with E-state index in [1.807, 2.05) is 54.6 Å². The molecule has 2 N–H and O–H groups in total. The van der Waals surface area contributed by atoms with Crippen LogP contribution in [0.15, 0.2) is 54.6 Å². The van der Waals surface area contributed by atoms with Crippen LogP contribution in [-0.4, -0.2) is 58.3 Å². The average Bonchev–Trinajstić information content (AvgIpc) is 3.22. The number of likely N-dealkylation sites (N-methyl/N-ethyl adjacent to an activating group) is 1. The number of aliphatic hydroxyl groups excluding tert-OH is 1. The minimum Gasteiger partial charge on any atom is -0.489 e. The smallest absolute Gasteiger partial charge is 0.291 e. The molecule has 9 heteroatoms. The first-order chi connectivity index (χ1) is 15.1. The van der Waals surface area contributed by atoms with E-state index in [1.54, 1.807) is 16.6 Å². The average molecular weight is 421 g/mol. The van der Waals surface area contributed by atoms with Gasteiger partial charge < -0.3 is 24.8 Å². The molecule has 0 aliphatic carbocycles. The first kappa shape index (κ1) is 19.5. The highest BCUT2D eigenvalue weighted by Gasteiger charge is 2.33. The Morgan fingerprint density at radius 1 is 1.13 bits per heavy atom. The lowest BCUT2D eigenvalue weighted by molar-refractivity contribution is 0.0608. The fourth-order valence-electron chi connectivity index (χ4n) is 3.94. The number of para-hydroxylation sites is 2. The number of carbonyl (C=O) groups excluding carboxylic acids is 1. The van der Waals surface area contributed by atoms with Crippen LogP contribution < -0.4 is 15.0 Å². The molecule has 3 atom stereocenters. The fourth-order valence-corrected chi connectivity index (χ4v) is 3.94. The maximum Gasteiger partial charge on any atom is 0.291 e. The highest BCUT2D eigenvalue weighted by molar-refractivity contribution is 5.90. The summed E-state index contributed by atoms with van der Waals surface area (Å²) in [6.45, 7) is 0.869. The standard InChI is InChI=1S/C22H23N5O4/c1-26-16-9-5-6-10-18(16)31-11-15(22(26)29)23-21(28)20-24-19-13-30-12-17(27(19)25-20)14-7-3-2-4-8-14/h2-10,15,17,22,29H,11-13H2,1H3,(H,23,28)/t15-,17?,22?/m0/s1. The number of amides is 1. The third-order valence-electron chi connectivity index (χ3n) is 5.63. The summed E-state index contributed by atoms with van der Waals surface area (Å²) in [4.78, 5) is 19.0. The number of carbonyl (C=O) groups is 1. The summed E-state index contributed by atoms with van der Waals surface area (Å²) in [5.41, 5.74) is 1.79. The second kappa shape index (κ2) is 8.01. The van der Waals surface area contributed by atoms with E-state index in [0.717, 1.165) is 11.3 Å². The van der Waals surface area contributed by atoms with Crippen LogP contribution in [0.5, 0.6) is 5.75 Å². The molecule has 0 spiro atoms. The highest BCUT2D eigenvalue weighted by Crippen LogP contribution is 2.31. The second-order valence-electron chi connectivity index (χ2n) is 7.62. The van der Waals surface area contributed by atoms with Gasteiger partial charge in [-0.15, -0.1) is 5.10 Å². The Kier molecular flexibility index (Phi) is 5.05. The van der Waals surface area contributed by atoms with Crippen molar-refractivity contribution in [1.29, 1.82) is 0 Å². The summed E-state index contributed by atoms with van der Waals surface area (Å²) in [7, 11) is 1.76. The molecule has 0 saturated heterocycles. The Labute approximate surface area is 179 Å². The zero-order valence-electron chi connectivity index (χ0n) is 17.0. The molecule has 0 bridgehead atoms. The molecule has 2 aromatic carbocycles. The molecule has 1 amide bonds. The van der Waals surface area contributed by atoms with E-state index in [2.05, 4.69) is 15.4 Å².